The quantitative estimate of drug-likeness (QED) is 0.317. The molecule has 0 unspecified atom stereocenters. The zero-order valence-electron chi connectivity index (χ0n) is 24.7. The molecule has 2 fully saturated rings. The Morgan fingerprint density at radius 2 is 1.69 bits per heavy atom. The highest BCUT2D eigenvalue weighted by molar-refractivity contribution is 7.90. The number of ether oxygens (including phenoxy) is 2. The third kappa shape index (κ3) is 5.23. The lowest BCUT2D eigenvalue weighted by Gasteiger charge is -2.31. The van der Waals surface area contributed by atoms with Crippen LogP contribution in [-0.4, -0.2) is 65.3 Å². The molecule has 2 aliphatic heterocycles. The molecule has 3 atom stereocenters. The Morgan fingerprint density at radius 3 is 2.36 bits per heavy atom. The molecule has 0 bridgehead atoms. The summed E-state index contributed by atoms with van der Waals surface area (Å²) in [5, 5.41) is 0.478. The van der Waals surface area contributed by atoms with Crippen LogP contribution in [0.4, 0.5) is 24.8 Å². The molecule has 2 aliphatic rings. The monoisotopic (exact) mass is 643 g/mol. The van der Waals surface area contributed by atoms with Gasteiger partial charge in [0.1, 0.15) is 23.8 Å². The number of pyridine rings is 2. The standard InChI is InChI=1S/C30H28F3N5O6S/c1-16-6-9-20(10-7-16)45(41,42)37-13-12-18-8-11-21(35-26(18)37)36(5)27(39)23-24-25(44-29(3,4)43-24)28(40)38(23)22-15-19(30(31,32)33)14-17(2)34-22/h6-15,23-25H,1-5H3/t23-,24-,25-/m0/s1. The van der Waals surface area contributed by atoms with Crippen LogP contribution in [0.1, 0.15) is 30.7 Å². The van der Waals surface area contributed by atoms with Gasteiger partial charge in [0.15, 0.2) is 17.5 Å². The summed E-state index contributed by atoms with van der Waals surface area (Å²) >= 11 is 0. The first-order chi connectivity index (χ1) is 21.0. The normalized spacial score (nSPS) is 21.4. The topological polar surface area (TPSA) is 124 Å². The van der Waals surface area contributed by atoms with Crippen LogP contribution in [0.5, 0.6) is 0 Å². The van der Waals surface area contributed by atoms with Crippen LogP contribution in [0, 0.1) is 13.8 Å². The molecule has 11 nitrogen and oxygen atoms in total. The zero-order valence-corrected chi connectivity index (χ0v) is 25.5. The molecular formula is C30H28F3N5O6S. The maximum atomic E-state index is 14.2. The summed E-state index contributed by atoms with van der Waals surface area (Å²) in [6, 6.07) is 11.0. The van der Waals surface area contributed by atoms with Crippen LogP contribution in [0.25, 0.3) is 11.0 Å². The number of fused-ring (bicyclic) bond motifs is 2. The number of carbonyl (C=O) groups is 2. The number of amides is 2. The number of hydrogen-bond donors (Lipinski definition) is 0. The second-order valence-electron chi connectivity index (χ2n) is 11.4. The van der Waals surface area contributed by atoms with Crippen molar-refractivity contribution in [1.82, 2.24) is 13.9 Å². The maximum Gasteiger partial charge on any atom is 0.416 e. The molecule has 5 heterocycles. The molecule has 236 valence electrons. The third-order valence-corrected chi connectivity index (χ3v) is 9.39. The van der Waals surface area contributed by atoms with Crippen molar-refractivity contribution in [3.63, 3.8) is 0 Å². The fourth-order valence-corrected chi connectivity index (χ4v) is 6.87. The van der Waals surface area contributed by atoms with Crippen molar-refractivity contribution in [3.05, 3.63) is 77.6 Å². The van der Waals surface area contributed by atoms with Crippen molar-refractivity contribution < 1.29 is 40.7 Å². The molecule has 2 saturated heterocycles. The van der Waals surface area contributed by atoms with Crippen molar-refractivity contribution in [1.29, 1.82) is 0 Å². The summed E-state index contributed by atoms with van der Waals surface area (Å²) in [6.45, 7) is 6.29. The van der Waals surface area contributed by atoms with E-state index in [1.165, 1.54) is 38.4 Å². The van der Waals surface area contributed by atoms with Crippen LogP contribution < -0.4 is 9.80 Å². The number of aromatic nitrogens is 3. The summed E-state index contributed by atoms with van der Waals surface area (Å²) in [5.74, 6) is -3.17. The van der Waals surface area contributed by atoms with Crippen LogP contribution in [-0.2, 0) is 35.3 Å². The smallest absolute Gasteiger partial charge is 0.341 e. The first-order valence-electron chi connectivity index (χ1n) is 13.8. The molecule has 15 heteroatoms. The molecule has 0 saturated carbocycles. The van der Waals surface area contributed by atoms with E-state index in [4.69, 9.17) is 9.47 Å². The van der Waals surface area contributed by atoms with Gasteiger partial charge >= 0.3 is 6.18 Å². The highest BCUT2D eigenvalue weighted by Gasteiger charge is 2.61. The Balaban J connectivity index is 1.41. The van der Waals surface area contributed by atoms with Gasteiger partial charge in [-0.1, -0.05) is 17.7 Å². The van der Waals surface area contributed by atoms with Crippen LogP contribution >= 0.6 is 0 Å². The van der Waals surface area contributed by atoms with E-state index in [9.17, 15) is 31.2 Å². The van der Waals surface area contributed by atoms with Gasteiger partial charge in [-0.25, -0.2) is 22.4 Å². The van der Waals surface area contributed by atoms with Crippen molar-refractivity contribution >= 4 is 44.5 Å². The number of halogens is 3. The van der Waals surface area contributed by atoms with Gasteiger partial charge in [-0.05, 0) is 70.2 Å². The third-order valence-electron chi connectivity index (χ3n) is 7.71. The van der Waals surface area contributed by atoms with Crippen molar-refractivity contribution in [2.24, 2.45) is 0 Å². The molecule has 45 heavy (non-hydrogen) atoms. The first-order valence-corrected chi connectivity index (χ1v) is 15.2. The largest absolute Gasteiger partial charge is 0.416 e. The number of benzene rings is 1. The number of hydrogen-bond acceptors (Lipinski definition) is 8. The summed E-state index contributed by atoms with van der Waals surface area (Å²) in [4.78, 5) is 38.4. The number of likely N-dealkylation sites (N-methyl/N-ethyl adjacent to an activating group) is 1. The maximum absolute atomic E-state index is 14.2. The zero-order chi connectivity index (χ0) is 32.6. The number of nitrogens with zero attached hydrogens (tertiary/aromatic N) is 5. The molecule has 0 N–H and O–H groups in total. The highest BCUT2D eigenvalue weighted by Crippen LogP contribution is 2.41. The minimum Gasteiger partial charge on any atom is -0.341 e. The van der Waals surface area contributed by atoms with E-state index in [2.05, 4.69) is 9.97 Å². The fraction of sp³-hybridized carbons (Fsp3) is 0.333. The van der Waals surface area contributed by atoms with Crippen molar-refractivity contribution in [2.75, 3.05) is 16.8 Å². The highest BCUT2D eigenvalue weighted by atomic mass is 32.2. The van der Waals surface area contributed by atoms with E-state index in [0.717, 1.165) is 25.4 Å². The Morgan fingerprint density at radius 1 is 1.00 bits per heavy atom. The minimum atomic E-state index is -4.74. The SMILES string of the molecule is Cc1ccc(S(=O)(=O)n2ccc3ccc(N(C)C(=O)[C@@H]4[C@@H]5OC(C)(C)O[C@@H]5C(=O)N4c4cc(C(F)(F)F)cc(C)n4)nc32)cc1. The summed E-state index contributed by atoms with van der Waals surface area (Å²) < 4.78 is 80.8. The molecule has 0 radical (unpaired) electrons. The van der Waals surface area contributed by atoms with Crippen LogP contribution in [0.2, 0.25) is 0 Å². The molecular weight excluding hydrogens is 615 g/mol. The second kappa shape index (κ2) is 10.4. The Hall–Kier alpha value is -4.34. The van der Waals surface area contributed by atoms with Gasteiger partial charge in [0.05, 0.1) is 10.5 Å². The average molecular weight is 644 g/mol. The number of carbonyl (C=O) groups excluding carboxylic acids is 2. The van der Waals surface area contributed by atoms with Crippen molar-refractivity contribution in [3.8, 4) is 0 Å². The minimum absolute atomic E-state index is 0.0194. The number of aryl methyl sites for hydroxylation is 2. The van der Waals surface area contributed by atoms with E-state index in [-0.39, 0.29) is 27.9 Å². The molecule has 0 spiro atoms. The van der Waals surface area contributed by atoms with Crippen LogP contribution in [0.3, 0.4) is 0 Å². The van der Waals surface area contributed by atoms with Gasteiger partial charge in [-0.2, -0.15) is 13.2 Å². The predicted octanol–water partition coefficient (Wildman–Crippen LogP) is 4.20. The Bertz CT molecular complexity index is 1960. The lowest BCUT2D eigenvalue weighted by Crippen LogP contribution is -2.51. The van der Waals surface area contributed by atoms with E-state index < -0.39 is 57.6 Å². The van der Waals surface area contributed by atoms with Gasteiger partial charge in [0, 0.05) is 24.3 Å². The van der Waals surface area contributed by atoms with E-state index in [1.54, 1.807) is 38.1 Å². The molecule has 1 aromatic carbocycles. The number of alkyl halides is 3. The second-order valence-corrected chi connectivity index (χ2v) is 13.3. The van der Waals surface area contributed by atoms with Gasteiger partial charge < -0.3 is 9.47 Å². The molecule has 2 amide bonds. The molecule has 0 aliphatic carbocycles. The van der Waals surface area contributed by atoms with Crippen LogP contribution in [0.15, 0.2) is 65.7 Å². The Labute approximate surface area is 256 Å². The lowest BCUT2D eigenvalue weighted by atomic mass is 10.1. The first kappa shape index (κ1) is 30.7. The predicted molar refractivity (Wildman–Crippen MR) is 156 cm³/mol. The van der Waals surface area contributed by atoms with Gasteiger partial charge in [-0.15, -0.1) is 0 Å². The summed E-state index contributed by atoms with van der Waals surface area (Å²) in [6.07, 6.45) is -5.85. The summed E-state index contributed by atoms with van der Waals surface area (Å²) in [5.41, 5.74) is -0.140. The average Bonchev–Trinajstić information content (AvgIpc) is 3.61. The molecule has 6 rings (SSSR count). The van der Waals surface area contributed by atoms with E-state index in [0.29, 0.717) is 11.5 Å². The summed E-state index contributed by atoms with van der Waals surface area (Å²) in [7, 11) is -2.69. The van der Waals surface area contributed by atoms with Gasteiger partial charge in [-0.3, -0.25) is 19.4 Å². The molecule has 3 aromatic heterocycles. The van der Waals surface area contributed by atoms with E-state index in [1.807, 2.05) is 6.92 Å². The lowest BCUT2D eigenvalue weighted by molar-refractivity contribution is -0.161. The fourth-order valence-electron chi connectivity index (χ4n) is 5.57. The molecule has 4 aromatic rings. The number of rotatable bonds is 5. The Kier molecular flexibility index (Phi) is 7.06. The van der Waals surface area contributed by atoms with Crippen molar-refractivity contribution in [2.45, 2.75) is 62.8 Å². The number of anilines is 2. The van der Waals surface area contributed by atoms with Gasteiger partial charge in [0.2, 0.25) is 0 Å². The van der Waals surface area contributed by atoms with Gasteiger partial charge in [0.25, 0.3) is 21.8 Å². The van der Waals surface area contributed by atoms with E-state index >= 15 is 0 Å².